The Hall–Kier alpha value is -3.07. The Kier molecular flexibility index (Phi) is 3.86. The predicted molar refractivity (Wildman–Crippen MR) is 99.0 cm³/mol. The number of aromatic nitrogens is 1. The number of carbonyl (C=O) groups is 1. The average Bonchev–Trinajstić information content (AvgIpc) is 2.93. The Labute approximate surface area is 165 Å². The fraction of sp³-hybridized carbons (Fsp3) is 0.350. The summed E-state index contributed by atoms with van der Waals surface area (Å²) in [6, 6.07) is 5.49. The van der Waals surface area contributed by atoms with E-state index in [4.69, 9.17) is 15.2 Å². The van der Waals surface area contributed by atoms with Crippen molar-refractivity contribution in [1.82, 2.24) is 9.88 Å². The lowest BCUT2D eigenvalue weighted by Gasteiger charge is -2.45. The van der Waals surface area contributed by atoms with Crippen LogP contribution in [0.5, 0.6) is 5.75 Å². The van der Waals surface area contributed by atoms with Crippen LogP contribution in [0.2, 0.25) is 0 Å². The van der Waals surface area contributed by atoms with Crippen LogP contribution in [0.4, 0.5) is 8.78 Å². The molecule has 150 valence electrons. The maximum absolute atomic E-state index is 14.9. The van der Waals surface area contributed by atoms with Gasteiger partial charge in [0, 0.05) is 42.6 Å². The Balaban J connectivity index is 1.78. The minimum absolute atomic E-state index is 0.0228. The summed E-state index contributed by atoms with van der Waals surface area (Å²) in [5, 5.41) is 0. The zero-order chi connectivity index (χ0) is 20.3. The summed E-state index contributed by atoms with van der Waals surface area (Å²) in [4.78, 5) is 22.7. The van der Waals surface area contributed by atoms with Crippen LogP contribution in [-0.2, 0) is 15.1 Å². The average molecular weight is 400 g/mol. The van der Waals surface area contributed by atoms with Crippen LogP contribution in [0.3, 0.4) is 0 Å². The Morgan fingerprint density at radius 2 is 2.14 bits per heavy atom. The first kappa shape index (κ1) is 18.0. The SMILES string of the molecule is CN1C(=O)[C@@]2(N=C1N)c1cc(-c3cccnc3F)c(F)cc1OC1CCCO[C@@H]12. The van der Waals surface area contributed by atoms with Gasteiger partial charge in [0.1, 0.15) is 23.8 Å². The molecule has 0 radical (unpaired) electrons. The summed E-state index contributed by atoms with van der Waals surface area (Å²) < 4.78 is 41.1. The van der Waals surface area contributed by atoms with E-state index >= 15 is 0 Å². The largest absolute Gasteiger partial charge is 0.487 e. The number of pyridine rings is 1. The van der Waals surface area contributed by atoms with Gasteiger partial charge in [-0.1, -0.05) is 0 Å². The molecule has 3 atom stereocenters. The molecule has 4 heterocycles. The van der Waals surface area contributed by atoms with Crippen molar-refractivity contribution in [3.05, 3.63) is 47.8 Å². The molecule has 0 saturated carbocycles. The van der Waals surface area contributed by atoms with Crippen LogP contribution in [0, 0.1) is 11.8 Å². The number of aliphatic imine (C=N–C) groups is 1. The van der Waals surface area contributed by atoms with E-state index in [0.717, 1.165) is 6.42 Å². The number of hydrogen-bond donors (Lipinski definition) is 1. The van der Waals surface area contributed by atoms with E-state index < -0.39 is 29.5 Å². The van der Waals surface area contributed by atoms with Crippen molar-refractivity contribution in [3.63, 3.8) is 0 Å². The van der Waals surface area contributed by atoms with Gasteiger partial charge in [0.25, 0.3) is 5.91 Å². The molecule has 1 aromatic carbocycles. The maximum Gasteiger partial charge on any atom is 0.264 e. The van der Waals surface area contributed by atoms with E-state index in [1.165, 1.54) is 42.4 Å². The van der Waals surface area contributed by atoms with Crippen molar-refractivity contribution >= 4 is 11.9 Å². The lowest BCUT2D eigenvalue weighted by atomic mass is 9.76. The molecule has 3 aliphatic rings. The third-order valence-corrected chi connectivity index (χ3v) is 5.75. The molecule has 2 N–H and O–H groups in total. The van der Waals surface area contributed by atoms with Crippen LogP contribution >= 0.6 is 0 Å². The van der Waals surface area contributed by atoms with Crippen LogP contribution < -0.4 is 10.5 Å². The first-order chi connectivity index (χ1) is 13.9. The number of likely N-dealkylation sites (N-methyl/N-ethyl adjacent to an activating group) is 1. The zero-order valence-corrected chi connectivity index (χ0v) is 15.6. The second-order valence-electron chi connectivity index (χ2n) is 7.36. The molecule has 5 rings (SSSR count). The van der Waals surface area contributed by atoms with Crippen LogP contribution in [-0.4, -0.2) is 47.6 Å². The smallest absolute Gasteiger partial charge is 0.264 e. The molecule has 1 saturated heterocycles. The van der Waals surface area contributed by atoms with Crippen LogP contribution in [0.15, 0.2) is 35.5 Å². The van der Waals surface area contributed by atoms with Crippen molar-refractivity contribution in [2.45, 2.75) is 30.6 Å². The molecule has 9 heteroatoms. The van der Waals surface area contributed by atoms with Gasteiger partial charge in [-0.25, -0.2) is 14.4 Å². The predicted octanol–water partition coefficient (Wildman–Crippen LogP) is 1.95. The van der Waals surface area contributed by atoms with Crippen molar-refractivity contribution in [1.29, 1.82) is 0 Å². The zero-order valence-electron chi connectivity index (χ0n) is 15.6. The quantitative estimate of drug-likeness (QED) is 0.739. The van der Waals surface area contributed by atoms with E-state index in [1.54, 1.807) is 0 Å². The first-order valence-corrected chi connectivity index (χ1v) is 9.30. The van der Waals surface area contributed by atoms with Crippen molar-refractivity contribution in [2.75, 3.05) is 13.7 Å². The lowest BCUT2D eigenvalue weighted by Crippen LogP contribution is -2.59. The number of ether oxygens (including phenoxy) is 2. The van der Waals surface area contributed by atoms with Gasteiger partial charge in [0.2, 0.25) is 11.5 Å². The summed E-state index contributed by atoms with van der Waals surface area (Å²) in [7, 11) is 1.52. The van der Waals surface area contributed by atoms with Gasteiger partial charge in [-0.3, -0.25) is 9.69 Å². The van der Waals surface area contributed by atoms with E-state index in [-0.39, 0.29) is 28.7 Å². The standard InChI is InChI=1S/C20H18F2N4O3/c1-26-18(27)20(25-19(26)23)12-8-11(10-4-2-6-24-17(10)22)13(21)9-15(12)29-14-5-3-7-28-16(14)20/h2,4,6,8-9,14,16H,3,5,7H2,1H3,(H2,23,25)/t14?,16-,20+/m0/s1. The first-order valence-electron chi connectivity index (χ1n) is 9.30. The van der Waals surface area contributed by atoms with Gasteiger partial charge < -0.3 is 15.2 Å². The third-order valence-electron chi connectivity index (χ3n) is 5.75. The number of carbonyl (C=O) groups excluding carboxylic acids is 1. The minimum Gasteiger partial charge on any atom is -0.487 e. The fourth-order valence-electron chi connectivity index (χ4n) is 4.35. The highest BCUT2D eigenvalue weighted by Gasteiger charge is 2.61. The summed E-state index contributed by atoms with van der Waals surface area (Å²) in [5.74, 6) is -1.67. The number of guanidine groups is 1. The van der Waals surface area contributed by atoms with Crippen molar-refractivity contribution in [2.24, 2.45) is 10.7 Å². The summed E-state index contributed by atoms with van der Waals surface area (Å²) >= 11 is 0. The molecule has 3 aliphatic heterocycles. The number of hydrogen-bond acceptors (Lipinski definition) is 6. The molecule has 1 aromatic heterocycles. The summed E-state index contributed by atoms with van der Waals surface area (Å²) in [5.41, 5.74) is 4.71. The molecule has 7 nitrogen and oxygen atoms in total. The van der Waals surface area contributed by atoms with Gasteiger partial charge >= 0.3 is 0 Å². The number of halogens is 2. The Bertz CT molecular complexity index is 1060. The third kappa shape index (κ3) is 2.40. The van der Waals surface area contributed by atoms with Crippen LogP contribution in [0.1, 0.15) is 18.4 Å². The highest BCUT2D eigenvalue weighted by Crippen LogP contribution is 2.50. The Morgan fingerprint density at radius 3 is 2.86 bits per heavy atom. The molecule has 1 amide bonds. The Morgan fingerprint density at radius 1 is 1.31 bits per heavy atom. The van der Waals surface area contributed by atoms with E-state index in [0.29, 0.717) is 18.6 Å². The molecule has 1 fully saturated rings. The highest BCUT2D eigenvalue weighted by atomic mass is 19.1. The number of rotatable bonds is 1. The molecule has 1 spiro atoms. The topological polar surface area (TPSA) is 90.0 Å². The van der Waals surface area contributed by atoms with Crippen molar-refractivity contribution in [3.8, 4) is 16.9 Å². The minimum atomic E-state index is -1.50. The van der Waals surface area contributed by atoms with E-state index in [2.05, 4.69) is 9.98 Å². The van der Waals surface area contributed by atoms with Gasteiger partial charge in [-0.15, -0.1) is 0 Å². The molecule has 0 aliphatic carbocycles. The monoisotopic (exact) mass is 400 g/mol. The molecular weight excluding hydrogens is 382 g/mol. The van der Waals surface area contributed by atoms with E-state index in [1.807, 2.05) is 0 Å². The summed E-state index contributed by atoms with van der Waals surface area (Å²) in [6.07, 6.45) is 1.48. The highest BCUT2D eigenvalue weighted by molar-refractivity contribution is 6.08. The second-order valence-corrected chi connectivity index (χ2v) is 7.36. The molecule has 2 aromatic rings. The number of benzene rings is 1. The molecule has 1 unspecified atom stereocenters. The number of fused-ring (bicyclic) bond motifs is 4. The van der Waals surface area contributed by atoms with Crippen molar-refractivity contribution < 1.29 is 23.0 Å². The van der Waals surface area contributed by atoms with E-state index in [9.17, 15) is 13.6 Å². The van der Waals surface area contributed by atoms with Gasteiger partial charge in [-0.05, 0) is 31.0 Å². The number of nitrogens with zero attached hydrogens (tertiary/aromatic N) is 3. The summed E-state index contributed by atoms with van der Waals surface area (Å²) in [6.45, 7) is 0.444. The van der Waals surface area contributed by atoms with Gasteiger partial charge in [0.15, 0.2) is 5.96 Å². The normalized spacial score (nSPS) is 28.0. The second kappa shape index (κ2) is 6.21. The molecule has 29 heavy (non-hydrogen) atoms. The lowest BCUT2D eigenvalue weighted by molar-refractivity contribution is -0.151. The molecular formula is C20H18F2N4O3. The van der Waals surface area contributed by atoms with Gasteiger partial charge in [0.05, 0.1) is 0 Å². The van der Waals surface area contributed by atoms with Gasteiger partial charge in [-0.2, -0.15) is 4.39 Å². The van der Waals surface area contributed by atoms with Crippen LogP contribution in [0.25, 0.3) is 11.1 Å². The fourth-order valence-corrected chi connectivity index (χ4v) is 4.35. The number of amides is 1. The number of nitrogens with two attached hydrogens (primary N) is 1. The maximum atomic E-state index is 14.9. The molecule has 0 bridgehead atoms.